The van der Waals surface area contributed by atoms with Crippen molar-refractivity contribution < 1.29 is 0 Å². The van der Waals surface area contributed by atoms with Crippen LogP contribution in [0.15, 0.2) is 36.5 Å². The van der Waals surface area contributed by atoms with Gasteiger partial charge in [0.15, 0.2) is 5.01 Å². The van der Waals surface area contributed by atoms with Gasteiger partial charge in [0.05, 0.1) is 23.1 Å². The second-order valence-electron chi connectivity index (χ2n) is 3.84. The molecule has 6 heteroatoms. The first-order valence-corrected chi connectivity index (χ1v) is 6.27. The molecule has 2 heterocycles. The zero-order valence-electron chi connectivity index (χ0n) is 9.74. The maximum absolute atomic E-state index is 5.60. The highest BCUT2D eigenvalue weighted by molar-refractivity contribution is 7.18. The van der Waals surface area contributed by atoms with Crippen LogP contribution in [0.25, 0.3) is 16.3 Å². The summed E-state index contributed by atoms with van der Waals surface area (Å²) in [7, 11) is 0. The molecule has 0 radical (unpaired) electrons. The lowest BCUT2D eigenvalue weighted by molar-refractivity contribution is 0.847. The van der Waals surface area contributed by atoms with E-state index < -0.39 is 0 Å². The molecule has 90 valence electrons. The molecule has 2 aromatic heterocycles. The Morgan fingerprint density at radius 1 is 1.17 bits per heavy atom. The quantitative estimate of drug-likeness (QED) is 0.764. The average molecular weight is 257 g/mol. The molecule has 0 bridgehead atoms. The van der Waals surface area contributed by atoms with Crippen molar-refractivity contribution in [3.05, 3.63) is 42.2 Å². The van der Waals surface area contributed by atoms with Crippen molar-refractivity contribution in [2.24, 2.45) is 0 Å². The number of benzene rings is 1. The number of rotatable bonds is 2. The number of aromatic nitrogens is 4. The minimum Gasteiger partial charge on any atom is -0.374 e. The van der Waals surface area contributed by atoms with Crippen LogP contribution in [0.4, 0.5) is 5.13 Å². The summed E-state index contributed by atoms with van der Waals surface area (Å²) in [6.45, 7) is 2.01. The van der Waals surface area contributed by atoms with Gasteiger partial charge in [0.2, 0.25) is 5.13 Å². The van der Waals surface area contributed by atoms with E-state index in [4.69, 9.17) is 5.73 Å². The van der Waals surface area contributed by atoms with Crippen molar-refractivity contribution in [3.63, 3.8) is 0 Å². The van der Waals surface area contributed by atoms with E-state index >= 15 is 0 Å². The van der Waals surface area contributed by atoms with Gasteiger partial charge in [0.25, 0.3) is 0 Å². The summed E-state index contributed by atoms with van der Waals surface area (Å²) in [4.78, 5) is 0. The molecule has 0 unspecified atom stereocenters. The molecule has 1 aromatic carbocycles. The molecule has 0 spiro atoms. The molecule has 0 atom stereocenters. The van der Waals surface area contributed by atoms with E-state index in [9.17, 15) is 0 Å². The normalized spacial score (nSPS) is 10.7. The van der Waals surface area contributed by atoms with E-state index in [2.05, 4.69) is 15.3 Å². The molecule has 0 amide bonds. The van der Waals surface area contributed by atoms with Gasteiger partial charge in [0, 0.05) is 0 Å². The molecule has 0 aliphatic carbocycles. The zero-order chi connectivity index (χ0) is 12.5. The molecule has 0 aliphatic heterocycles. The molecule has 18 heavy (non-hydrogen) atoms. The largest absolute Gasteiger partial charge is 0.374 e. The van der Waals surface area contributed by atoms with E-state index in [1.165, 1.54) is 11.3 Å². The van der Waals surface area contributed by atoms with Gasteiger partial charge in [-0.1, -0.05) is 29.5 Å². The molecular weight excluding hydrogens is 246 g/mol. The zero-order valence-corrected chi connectivity index (χ0v) is 10.6. The molecule has 0 saturated carbocycles. The van der Waals surface area contributed by atoms with Gasteiger partial charge in [-0.25, -0.2) is 4.68 Å². The van der Waals surface area contributed by atoms with Crippen LogP contribution in [0.5, 0.6) is 0 Å². The lowest BCUT2D eigenvalue weighted by Crippen LogP contribution is -1.98. The van der Waals surface area contributed by atoms with Crippen molar-refractivity contribution in [1.82, 2.24) is 20.0 Å². The molecule has 3 rings (SSSR count). The van der Waals surface area contributed by atoms with E-state index in [0.29, 0.717) is 5.13 Å². The standard InChI is InChI=1S/C12H11N5S/c1-8-10(11-15-16-12(13)18-11)7-14-17(8)9-5-3-2-4-6-9/h2-7H,1H3,(H2,13,16). The number of hydrogen-bond acceptors (Lipinski definition) is 5. The Kier molecular flexibility index (Phi) is 2.56. The Morgan fingerprint density at radius 3 is 2.61 bits per heavy atom. The van der Waals surface area contributed by atoms with Crippen molar-refractivity contribution >= 4 is 16.5 Å². The van der Waals surface area contributed by atoms with Crippen molar-refractivity contribution in [2.45, 2.75) is 6.92 Å². The summed E-state index contributed by atoms with van der Waals surface area (Å²) in [5, 5.41) is 13.5. The third-order valence-electron chi connectivity index (χ3n) is 2.68. The predicted molar refractivity (Wildman–Crippen MR) is 71.6 cm³/mol. The summed E-state index contributed by atoms with van der Waals surface area (Å²) in [6, 6.07) is 9.98. The smallest absolute Gasteiger partial charge is 0.203 e. The maximum atomic E-state index is 5.60. The second kappa shape index (κ2) is 4.23. The molecule has 0 fully saturated rings. The van der Waals surface area contributed by atoms with Crippen LogP contribution in [0.3, 0.4) is 0 Å². The number of nitrogen functional groups attached to an aromatic ring is 1. The second-order valence-corrected chi connectivity index (χ2v) is 4.85. The third kappa shape index (κ3) is 1.76. The Hall–Kier alpha value is -2.21. The summed E-state index contributed by atoms with van der Waals surface area (Å²) in [5.74, 6) is 0. The van der Waals surface area contributed by atoms with E-state index in [-0.39, 0.29) is 0 Å². The van der Waals surface area contributed by atoms with Gasteiger partial charge >= 0.3 is 0 Å². The van der Waals surface area contributed by atoms with Gasteiger partial charge < -0.3 is 5.73 Å². The molecule has 3 aromatic rings. The molecule has 2 N–H and O–H groups in total. The molecule has 0 saturated heterocycles. The Bertz CT molecular complexity index is 671. The first kappa shape index (κ1) is 10.9. The lowest BCUT2D eigenvalue weighted by atomic mass is 10.2. The average Bonchev–Trinajstić information content (AvgIpc) is 2.97. The van der Waals surface area contributed by atoms with E-state index in [1.807, 2.05) is 41.9 Å². The number of para-hydroxylation sites is 1. The topological polar surface area (TPSA) is 69.6 Å². The predicted octanol–water partition coefficient (Wildman–Crippen LogP) is 2.28. The molecule has 0 aliphatic rings. The maximum Gasteiger partial charge on any atom is 0.203 e. The summed E-state index contributed by atoms with van der Waals surface area (Å²) < 4.78 is 1.88. The van der Waals surface area contributed by atoms with Crippen molar-refractivity contribution in [1.29, 1.82) is 0 Å². The Balaban J connectivity index is 2.08. The highest BCUT2D eigenvalue weighted by atomic mass is 32.1. The lowest BCUT2D eigenvalue weighted by Gasteiger charge is -2.03. The molecule has 5 nitrogen and oxygen atoms in total. The van der Waals surface area contributed by atoms with Gasteiger partial charge in [-0.3, -0.25) is 0 Å². The minimum atomic E-state index is 0.469. The highest BCUT2D eigenvalue weighted by Gasteiger charge is 2.13. The first-order valence-electron chi connectivity index (χ1n) is 5.45. The summed E-state index contributed by atoms with van der Waals surface area (Å²) in [5.41, 5.74) is 8.62. The fourth-order valence-corrected chi connectivity index (χ4v) is 2.46. The Morgan fingerprint density at radius 2 is 1.94 bits per heavy atom. The third-order valence-corrected chi connectivity index (χ3v) is 3.47. The fraction of sp³-hybridized carbons (Fsp3) is 0.0833. The van der Waals surface area contributed by atoms with Crippen molar-refractivity contribution in [2.75, 3.05) is 5.73 Å². The van der Waals surface area contributed by atoms with E-state index in [0.717, 1.165) is 22.0 Å². The number of nitrogens with zero attached hydrogens (tertiary/aromatic N) is 4. The van der Waals surface area contributed by atoms with Crippen LogP contribution in [-0.4, -0.2) is 20.0 Å². The Labute approximate surface area is 108 Å². The van der Waals surface area contributed by atoms with Gasteiger partial charge in [0.1, 0.15) is 0 Å². The highest BCUT2D eigenvalue weighted by Crippen LogP contribution is 2.28. The fourth-order valence-electron chi connectivity index (χ4n) is 1.79. The molecular formula is C12H11N5S. The number of hydrogen-bond donors (Lipinski definition) is 1. The van der Waals surface area contributed by atoms with Crippen LogP contribution < -0.4 is 5.73 Å². The monoisotopic (exact) mass is 257 g/mol. The summed E-state index contributed by atoms with van der Waals surface area (Å²) >= 11 is 1.37. The minimum absolute atomic E-state index is 0.469. The van der Waals surface area contributed by atoms with Gasteiger partial charge in [-0.2, -0.15) is 5.10 Å². The van der Waals surface area contributed by atoms with Gasteiger partial charge in [-0.15, -0.1) is 10.2 Å². The van der Waals surface area contributed by atoms with Gasteiger partial charge in [-0.05, 0) is 19.1 Å². The number of anilines is 1. The van der Waals surface area contributed by atoms with Crippen LogP contribution >= 0.6 is 11.3 Å². The van der Waals surface area contributed by atoms with Crippen molar-refractivity contribution in [3.8, 4) is 16.3 Å². The summed E-state index contributed by atoms with van der Waals surface area (Å²) in [6.07, 6.45) is 1.79. The van der Waals surface area contributed by atoms with Crippen LogP contribution in [-0.2, 0) is 0 Å². The van der Waals surface area contributed by atoms with Crippen LogP contribution in [0, 0.1) is 6.92 Å². The number of nitrogens with two attached hydrogens (primary N) is 1. The first-order chi connectivity index (χ1) is 8.75. The SMILES string of the molecule is Cc1c(-c2nnc(N)s2)cnn1-c1ccccc1. The van der Waals surface area contributed by atoms with Crippen LogP contribution in [0.1, 0.15) is 5.69 Å². The van der Waals surface area contributed by atoms with Crippen LogP contribution in [0.2, 0.25) is 0 Å². The van der Waals surface area contributed by atoms with E-state index in [1.54, 1.807) is 6.20 Å².